The second-order valence-electron chi connectivity index (χ2n) is 8.73. The molecule has 1 aliphatic carbocycles. The minimum Gasteiger partial charge on any atom is -0.456 e. The molecule has 0 unspecified atom stereocenters. The molecule has 4 aromatic carbocycles. The Kier molecular flexibility index (Phi) is 2.60. The third-order valence-corrected chi connectivity index (χ3v) is 6.80. The van der Waals surface area contributed by atoms with E-state index in [0.29, 0.717) is 0 Å². The summed E-state index contributed by atoms with van der Waals surface area (Å²) in [6.07, 6.45) is 0. The fraction of sp³-hybridized carbons (Fsp3) is 0.111. The van der Waals surface area contributed by atoms with Gasteiger partial charge in [0.1, 0.15) is 11.2 Å². The number of para-hydroxylation sites is 2. The highest BCUT2D eigenvalue weighted by Crippen LogP contribution is 2.52. The van der Waals surface area contributed by atoms with E-state index in [1.807, 2.05) is 6.07 Å². The predicted octanol–water partition coefficient (Wildman–Crippen LogP) is 7.53. The third-order valence-electron chi connectivity index (χ3n) is 6.80. The highest BCUT2D eigenvalue weighted by atomic mass is 16.3. The van der Waals surface area contributed by atoms with E-state index in [2.05, 4.69) is 85.6 Å². The fourth-order valence-corrected chi connectivity index (χ4v) is 5.29. The molecular weight excluding hydrogens is 354 g/mol. The first-order chi connectivity index (χ1) is 14.1. The number of fused-ring (bicyclic) bond motifs is 9. The van der Waals surface area contributed by atoms with E-state index < -0.39 is 0 Å². The van der Waals surface area contributed by atoms with Gasteiger partial charge in [-0.2, -0.15) is 0 Å². The van der Waals surface area contributed by atoms with Crippen LogP contribution in [-0.4, -0.2) is 4.98 Å². The van der Waals surface area contributed by atoms with Crippen LogP contribution in [-0.2, 0) is 5.41 Å². The maximum absolute atomic E-state index is 6.18. The zero-order chi connectivity index (χ0) is 19.3. The molecule has 2 heteroatoms. The van der Waals surface area contributed by atoms with E-state index >= 15 is 0 Å². The maximum Gasteiger partial charge on any atom is 0.135 e. The number of hydrogen-bond acceptors (Lipinski definition) is 1. The van der Waals surface area contributed by atoms with E-state index in [0.717, 1.165) is 11.2 Å². The van der Waals surface area contributed by atoms with Gasteiger partial charge in [-0.15, -0.1) is 0 Å². The van der Waals surface area contributed by atoms with Crippen molar-refractivity contribution in [2.45, 2.75) is 19.3 Å². The van der Waals surface area contributed by atoms with Crippen LogP contribution in [0.25, 0.3) is 54.9 Å². The van der Waals surface area contributed by atoms with Crippen molar-refractivity contribution in [3.05, 3.63) is 83.9 Å². The molecule has 0 fully saturated rings. The minimum absolute atomic E-state index is 0.0662. The first-order valence-electron chi connectivity index (χ1n) is 10.1. The number of nitrogens with one attached hydrogen (secondary N) is 1. The Morgan fingerprint density at radius 2 is 1.31 bits per heavy atom. The molecule has 6 aromatic rings. The van der Waals surface area contributed by atoms with Crippen molar-refractivity contribution in [3.63, 3.8) is 0 Å². The number of aromatic amines is 1. The summed E-state index contributed by atoms with van der Waals surface area (Å²) in [6.45, 7) is 4.64. The number of benzene rings is 4. The average Bonchev–Trinajstić information content (AvgIpc) is 3.34. The number of hydrogen-bond donors (Lipinski definition) is 1. The van der Waals surface area contributed by atoms with Gasteiger partial charge in [0.05, 0.1) is 0 Å². The molecule has 2 nitrogen and oxygen atoms in total. The van der Waals surface area contributed by atoms with Crippen molar-refractivity contribution in [3.8, 4) is 11.1 Å². The smallest absolute Gasteiger partial charge is 0.135 e. The summed E-state index contributed by atoms with van der Waals surface area (Å²) >= 11 is 0. The fourth-order valence-electron chi connectivity index (χ4n) is 5.29. The highest BCUT2D eigenvalue weighted by molar-refractivity contribution is 6.11. The maximum atomic E-state index is 6.18. The van der Waals surface area contributed by atoms with Crippen LogP contribution in [0.2, 0.25) is 0 Å². The molecule has 29 heavy (non-hydrogen) atoms. The predicted molar refractivity (Wildman–Crippen MR) is 121 cm³/mol. The topological polar surface area (TPSA) is 28.9 Å². The zero-order valence-corrected chi connectivity index (χ0v) is 16.3. The van der Waals surface area contributed by atoms with Gasteiger partial charge in [0.25, 0.3) is 0 Å². The number of aromatic nitrogens is 1. The van der Waals surface area contributed by atoms with Gasteiger partial charge >= 0.3 is 0 Å². The molecule has 0 saturated heterocycles. The summed E-state index contributed by atoms with van der Waals surface area (Å²) in [5.74, 6) is 0. The Morgan fingerprint density at radius 3 is 2.17 bits per heavy atom. The normalized spacial score (nSPS) is 14.8. The molecule has 0 atom stereocenters. The number of rotatable bonds is 0. The molecule has 2 heterocycles. The molecule has 0 saturated carbocycles. The molecule has 0 amide bonds. The molecule has 138 valence electrons. The van der Waals surface area contributed by atoms with Gasteiger partial charge in [0, 0.05) is 38.0 Å². The van der Waals surface area contributed by atoms with Crippen LogP contribution >= 0.6 is 0 Å². The largest absolute Gasteiger partial charge is 0.456 e. The summed E-state index contributed by atoms with van der Waals surface area (Å²) in [5, 5.41) is 4.96. The lowest BCUT2D eigenvalue weighted by atomic mass is 9.82. The Balaban J connectivity index is 1.62. The van der Waals surface area contributed by atoms with Gasteiger partial charge in [0.2, 0.25) is 0 Å². The van der Waals surface area contributed by atoms with Gasteiger partial charge in [-0.3, -0.25) is 0 Å². The number of H-pyrrole nitrogens is 1. The molecule has 7 rings (SSSR count). The van der Waals surface area contributed by atoms with E-state index in [9.17, 15) is 0 Å². The van der Waals surface area contributed by atoms with Crippen molar-refractivity contribution in [1.82, 2.24) is 4.98 Å². The lowest BCUT2D eigenvalue weighted by Crippen LogP contribution is -2.14. The molecule has 0 radical (unpaired) electrons. The van der Waals surface area contributed by atoms with Gasteiger partial charge in [-0.05, 0) is 58.7 Å². The zero-order valence-electron chi connectivity index (χ0n) is 16.3. The van der Waals surface area contributed by atoms with Crippen molar-refractivity contribution < 1.29 is 4.42 Å². The van der Waals surface area contributed by atoms with Crippen molar-refractivity contribution in [1.29, 1.82) is 0 Å². The molecular formula is C27H19NO. The first kappa shape index (κ1) is 15.4. The monoisotopic (exact) mass is 373 g/mol. The summed E-state index contributed by atoms with van der Waals surface area (Å²) in [7, 11) is 0. The molecule has 0 aliphatic heterocycles. The van der Waals surface area contributed by atoms with Crippen LogP contribution in [0.3, 0.4) is 0 Å². The molecule has 1 aliphatic rings. The van der Waals surface area contributed by atoms with Crippen LogP contribution in [0, 0.1) is 0 Å². The van der Waals surface area contributed by atoms with E-state index in [-0.39, 0.29) is 5.41 Å². The average molecular weight is 373 g/mol. The van der Waals surface area contributed by atoms with Crippen LogP contribution in [0.5, 0.6) is 0 Å². The summed E-state index contributed by atoms with van der Waals surface area (Å²) in [4.78, 5) is 3.61. The quantitative estimate of drug-likeness (QED) is 0.293. The van der Waals surface area contributed by atoms with Crippen molar-refractivity contribution in [2.75, 3.05) is 0 Å². The van der Waals surface area contributed by atoms with Crippen LogP contribution in [0.4, 0.5) is 0 Å². The van der Waals surface area contributed by atoms with Crippen LogP contribution in [0.1, 0.15) is 25.0 Å². The minimum atomic E-state index is -0.0662. The summed E-state index contributed by atoms with van der Waals surface area (Å²) in [5.41, 5.74) is 9.66. The SMILES string of the molecule is CC1(C)c2cc3[nH]c4ccccc4c3cc2-c2cc3c(cc21)oc1ccccc13. The Hall–Kier alpha value is -3.52. The Morgan fingerprint density at radius 1 is 0.621 bits per heavy atom. The lowest BCUT2D eigenvalue weighted by Gasteiger charge is -2.21. The summed E-state index contributed by atoms with van der Waals surface area (Å²) in [6, 6.07) is 26.2. The van der Waals surface area contributed by atoms with Crippen LogP contribution in [0.15, 0.2) is 77.2 Å². The van der Waals surface area contributed by atoms with Gasteiger partial charge in [-0.1, -0.05) is 50.2 Å². The highest BCUT2D eigenvalue weighted by Gasteiger charge is 2.37. The lowest BCUT2D eigenvalue weighted by molar-refractivity contribution is 0.648. The van der Waals surface area contributed by atoms with Crippen molar-refractivity contribution in [2.24, 2.45) is 0 Å². The molecule has 1 N–H and O–H groups in total. The van der Waals surface area contributed by atoms with Crippen LogP contribution < -0.4 is 0 Å². The number of furan rings is 1. The van der Waals surface area contributed by atoms with Gasteiger partial charge in [-0.25, -0.2) is 0 Å². The molecule has 2 aromatic heterocycles. The Labute approximate surface area is 167 Å². The standard InChI is InChI=1S/C27H19NO/c1-27(2)21-13-24-19(15-7-3-5-9-23(15)28-24)11-17(21)18-12-20-16-8-4-6-10-25(16)29-26(20)14-22(18)27/h3-14,28H,1-2H3. The summed E-state index contributed by atoms with van der Waals surface area (Å²) < 4.78 is 6.18. The second-order valence-corrected chi connectivity index (χ2v) is 8.73. The third kappa shape index (κ3) is 1.82. The van der Waals surface area contributed by atoms with E-state index in [1.165, 1.54) is 54.8 Å². The van der Waals surface area contributed by atoms with Crippen molar-refractivity contribution >= 4 is 43.7 Å². The molecule has 0 spiro atoms. The Bertz CT molecular complexity index is 1510. The molecule has 0 bridgehead atoms. The van der Waals surface area contributed by atoms with Gasteiger partial charge in [0.15, 0.2) is 0 Å². The first-order valence-corrected chi connectivity index (χ1v) is 10.1. The van der Waals surface area contributed by atoms with E-state index in [4.69, 9.17) is 4.42 Å². The van der Waals surface area contributed by atoms with Gasteiger partial charge < -0.3 is 9.40 Å². The van der Waals surface area contributed by atoms with E-state index in [1.54, 1.807) is 0 Å². The second kappa shape index (κ2) is 4.90.